The van der Waals surface area contributed by atoms with E-state index in [1.165, 1.54) is 14.2 Å². The third-order valence-electron chi connectivity index (χ3n) is 5.41. The van der Waals surface area contributed by atoms with Crippen LogP contribution in [0.25, 0.3) is 6.08 Å². The summed E-state index contributed by atoms with van der Waals surface area (Å²) in [4.78, 5) is 26.8. The van der Waals surface area contributed by atoms with Crippen LogP contribution in [-0.2, 0) is 30.8 Å². The maximum atomic E-state index is 13.3. The molecule has 3 aromatic rings. The number of carbonyl (C=O) groups is 2. The van der Waals surface area contributed by atoms with Gasteiger partial charge >= 0.3 is 16.1 Å². The Morgan fingerprint density at radius 3 is 2.14 bits per heavy atom. The lowest BCUT2D eigenvalue weighted by Crippen LogP contribution is -2.31. The fourth-order valence-corrected chi connectivity index (χ4v) is 4.03. The normalized spacial score (nSPS) is 12.2. The van der Waals surface area contributed by atoms with Gasteiger partial charge in [-0.1, -0.05) is 54.6 Å². The number of carbonyl (C=O) groups excluding carboxylic acids is 2. The number of hydrogen-bond donors (Lipinski definition) is 0. The van der Waals surface area contributed by atoms with Gasteiger partial charge in [0.15, 0.2) is 6.10 Å². The van der Waals surface area contributed by atoms with E-state index >= 15 is 0 Å². The Morgan fingerprint density at radius 2 is 1.57 bits per heavy atom. The van der Waals surface area contributed by atoms with Crippen LogP contribution in [0.5, 0.6) is 5.75 Å². The first-order valence-electron chi connectivity index (χ1n) is 11.4. The van der Waals surface area contributed by atoms with Crippen molar-refractivity contribution in [1.82, 2.24) is 0 Å². The Kier molecular flexibility index (Phi) is 9.59. The molecule has 0 heterocycles. The minimum absolute atomic E-state index is 0.167. The van der Waals surface area contributed by atoms with Crippen molar-refractivity contribution in [2.24, 2.45) is 0 Å². The number of rotatable bonds is 11. The van der Waals surface area contributed by atoms with Gasteiger partial charge in [0.2, 0.25) is 0 Å². The highest BCUT2D eigenvalue weighted by Gasteiger charge is 2.20. The molecule has 0 unspecified atom stereocenters. The topological polar surface area (TPSA) is 99.2 Å². The summed E-state index contributed by atoms with van der Waals surface area (Å²) in [6, 6.07) is 22.9. The zero-order chi connectivity index (χ0) is 26.8. The molecule has 1 atom stereocenters. The largest absolute Gasteiger partial charge is 0.467 e. The molecule has 0 N–H and O–H groups in total. The highest BCUT2D eigenvalue weighted by molar-refractivity contribution is 7.86. The molecule has 0 saturated heterocycles. The summed E-state index contributed by atoms with van der Waals surface area (Å²) in [7, 11) is -0.826. The lowest BCUT2D eigenvalue weighted by Gasteiger charge is -2.22. The van der Waals surface area contributed by atoms with Gasteiger partial charge in [0, 0.05) is 31.3 Å². The summed E-state index contributed by atoms with van der Waals surface area (Å²) in [6.45, 7) is 0.289. The number of hydrogen-bond acceptors (Lipinski definition) is 7. The first-order valence-corrected chi connectivity index (χ1v) is 13.2. The van der Waals surface area contributed by atoms with Crippen molar-refractivity contribution < 1.29 is 31.7 Å². The van der Waals surface area contributed by atoms with Crippen LogP contribution < -0.4 is 9.08 Å². The van der Waals surface area contributed by atoms with Crippen molar-refractivity contribution in [3.63, 3.8) is 0 Å². The van der Waals surface area contributed by atoms with Gasteiger partial charge in [-0.25, -0.2) is 4.79 Å². The van der Waals surface area contributed by atoms with Crippen LogP contribution in [-0.4, -0.2) is 53.4 Å². The first kappa shape index (κ1) is 27.6. The van der Waals surface area contributed by atoms with E-state index in [0.717, 1.165) is 17.4 Å². The molecule has 194 valence electrons. The number of methoxy groups -OCH3 is 2. The molecule has 0 saturated carbocycles. The Balaban J connectivity index is 1.79. The number of nitrogens with zero attached hydrogens (tertiary/aromatic N) is 1. The van der Waals surface area contributed by atoms with E-state index in [2.05, 4.69) is 0 Å². The minimum atomic E-state index is -3.59. The third-order valence-corrected chi connectivity index (χ3v) is 5.90. The second-order valence-electron chi connectivity index (χ2n) is 8.16. The van der Waals surface area contributed by atoms with Gasteiger partial charge in [-0.15, -0.1) is 0 Å². The molecule has 0 aromatic heterocycles. The van der Waals surface area contributed by atoms with E-state index in [0.29, 0.717) is 17.7 Å². The zero-order valence-corrected chi connectivity index (χ0v) is 21.7. The summed E-state index contributed by atoms with van der Waals surface area (Å²) in [5.74, 6) is -0.392. The molecule has 0 bridgehead atoms. The van der Waals surface area contributed by atoms with Crippen molar-refractivity contribution in [2.45, 2.75) is 12.5 Å². The highest BCUT2D eigenvalue weighted by atomic mass is 32.2. The summed E-state index contributed by atoms with van der Waals surface area (Å²) in [6.07, 6.45) is 4.30. The van der Waals surface area contributed by atoms with Gasteiger partial charge < -0.3 is 18.6 Å². The highest BCUT2D eigenvalue weighted by Crippen LogP contribution is 2.21. The molecule has 0 aliphatic rings. The quantitative estimate of drug-likeness (QED) is 0.275. The molecule has 0 spiro atoms. The Morgan fingerprint density at radius 1 is 0.919 bits per heavy atom. The smallest absolute Gasteiger partial charge is 0.335 e. The predicted octanol–water partition coefficient (Wildman–Crippen LogP) is 4.12. The van der Waals surface area contributed by atoms with Gasteiger partial charge in [-0.05, 0) is 47.5 Å². The van der Waals surface area contributed by atoms with Gasteiger partial charge in [-0.2, -0.15) is 8.42 Å². The number of amides is 1. The molecule has 0 aliphatic carbocycles. The molecular formula is C28H29NO7S. The Labute approximate surface area is 217 Å². The van der Waals surface area contributed by atoms with E-state index in [1.807, 2.05) is 54.6 Å². The van der Waals surface area contributed by atoms with Gasteiger partial charge in [0.25, 0.3) is 5.91 Å². The van der Waals surface area contributed by atoms with Crippen LogP contribution >= 0.6 is 0 Å². The number of anilines is 1. The van der Waals surface area contributed by atoms with Crippen molar-refractivity contribution >= 4 is 33.8 Å². The first-order chi connectivity index (χ1) is 17.7. The fraction of sp³-hybridized carbons (Fsp3) is 0.214. The van der Waals surface area contributed by atoms with Crippen LogP contribution in [0, 0.1) is 0 Å². The Bertz CT molecular complexity index is 1320. The standard InChI is InChI=1S/C28H29NO7S/c1-34-26(28(31)35-2)20-22-11-15-24(16-12-22)29(27(30)23-9-5-4-6-10-23)19-7-8-21-13-17-25(18-14-21)36-37(3,32)33/h4-18,26H,19-20H2,1-3H3/b8-7+/t26-/m1/s1. The molecule has 0 radical (unpaired) electrons. The zero-order valence-electron chi connectivity index (χ0n) is 20.9. The van der Waals surface area contributed by atoms with Crippen molar-refractivity contribution in [3.8, 4) is 5.75 Å². The molecule has 0 fully saturated rings. The number of benzene rings is 3. The molecular weight excluding hydrogens is 494 g/mol. The maximum absolute atomic E-state index is 13.3. The van der Waals surface area contributed by atoms with E-state index < -0.39 is 22.2 Å². The SMILES string of the molecule is COC(=O)[C@@H](Cc1ccc(N(C/C=C/c2ccc(OS(C)(=O)=O)cc2)C(=O)c2ccccc2)cc1)OC. The summed E-state index contributed by atoms with van der Waals surface area (Å²) in [5.41, 5.74) is 2.91. The van der Waals surface area contributed by atoms with Crippen molar-refractivity contribution in [2.75, 3.05) is 31.9 Å². The van der Waals surface area contributed by atoms with E-state index in [-0.39, 0.29) is 18.2 Å². The second-order valence-corrected chi connectivity index (χ2v) is 9.73. The average molecular weight is 524 g/mol. The molecule has 0 aliphatic heterocycles. The minimum Gasteiger partial charge on any atom is -0.467 e. The second kappa shape index (κ2) is 12.8. The monoisotopic (exact) mass is 523 g/mol. The van der Waals surface area contributed by atoms with E-state index in [9.17, 15) is 18.0 Å². The lowest BCUT2D eigenvalue weighted by molar-refractivity contribution is -0.152. The third kappa shape index (κ3) is 8.30. The Hall–Kier alpha value is -3.95. The maximum Gasteiger partial charge on any atom is 0.335 e. The lowest BCUT2D eigenvalue weighted by atomic mass is 10.1. The number of esters is 1. The van der Waals surface area contributed by atoms with Crippen LogP contribution in [0.3, 0.4) is 0 Å². The summed E-state index contributed by atoms with van der Waals surface area (Å²) >= 11 is 0. The summed E-state index contributed by atoms with van der Waals surface area (Å²) in [5, 5.41) is 0. The molecule has 3 rings (SSSR count). The average Bonchev–Trinajstić information content (AvgIpc) is 2.90. The number of ether oxygens (including phenoxy) is 2. The molecule has 3 aromatic carbocycles. The van der Waals surface area contributed by atoms with Crippen molar-refractivity contribution in [1.29, 1.82) is 0 Å². The molecule has 1 amide bonds. The summed E-state index contributed by atoms with van der Waals surface area (Å²) < 4.78 is 37.4. The van der Waals surface area contributed by atoms with Crippen LogP contribution in [0.4, 0.5) is 5.69 Å². The van der Waals surface area contributed by atoms with Gasteiger partial charge in [-0.3, -0.25) is 4.79 Å². The van der Waals surface area contributed by atoms with Gasteiger partial charge in [0.1, 0.15) is 5.75 Å². The molecule has 37 heavy (non-hydrogen) atoms. The molecule has 8 nitrogen and oxygen atoms in total. The van der Waals surface area contributed by atoms with Crippen LogP contribution in [0.1, 0.15) is 21.5 Å². The van der Waals surface area contributed by atoms with E-state index in [1.54, 1.807) is 41.3 Å². The van der Waals surface area contributed by atoms with Gasteiger partial charge in [0.05, 0.1) is 13.4 Å². The fourth-order valence-electron chi connectivity index (χ4n) is 3.57. The van der Waals surface area contributed by atoms with Crippen molar-refractivity contribution in [3.05, 3.63) is 102 Å². The molecule has 9 heteroatoms. The van der Waals surface area contributed by atoms with Crippen LogP contribution in [0.15, 0.2) is 84.9 Å². The predicted molar refractivity (Wildman–Crippen MR) is 142 cm³/mol. The van der Waals surface area contributed by atoms with E-state index in [4.69, 9.17) is 13.7 Å². The van der Waals surface area contributed by atoms with Crippen LogP contribution in [0.2, 0.25) is 0 Å².